The maximum absolute atomic E-state index is 14.6. The van der Waals surface area contributed by atoms with Crippen molar-refractivity contribution in [2.45, 2.75) is 125 Å². The van der Waals surface area contributed by atoms with Gasteiger partial charge in [-0.2, -0.15) is 0 Å². The summed E-state index contributed by atoms with van der Waals surface area (Å²) in [6.07, 6.45) is 9.85. The van der Waals surface area contributed by atoms with Gasteiger partial charge in [-0.15, -0.1) is 0 Å². The minimum atomic E-state index is -1.02. The zero-order chi connectivity index (χ0) is 32.8. The smallest absolute Gasteiger partial charge is 0.326 e. The number of benzene rings is 1. The molecule has 246 valence electrons. The molecule has 45 heavy (non-hydrogen) atoms. The number of allylic oxidation sites excluding steroid dienone is 2. The van der Waals surface area contributed by atoms with E-state index < -0.39 is 17.4 Å². The number of aliphatic hydroxyl groups is 1. The lowest BCUT2D eigenvalue weighted by Gasteiger charge is -2.70. The van der Waals surface area contributed by atoms with Crippen molar-refractivity contribution in [1.29, 1.82) is 0 Å². The summed E-state index contributed by atoms with van der Waals surface area (Å²) in [6, 6.07) is 8.46. The van der Waals surface area contributed by atoms with E-state index in [1.165, 1.54) is 5.57 Å². The molecule has 0 heterocycles. The van der Waals surface area contributed by atoms with Gasteiger partial charge in [0.1, 0.15) is 6.04 Å². The van der Waals surface area contributed by atoms with Gasteiger partial charge in [0.2, 0.25) is 5.91 Å². The van der Waals surface area contributed by atoms with Crippen molar-refractivity contribution in [2.75, 3.05) is 0 Å². The van der Waals surface area contributed by atoms with Gasteiger partial charge in [0.15, 0.2) is 5.78 Å². The fraction of sp³-hybridized carbons (Fsp3) is 0.718. The van der Waals surface area contributed by atoms with Crippen LogP contribution in [0.15, 0.2) is 42.0 Å². The number of amides is 1. The molecule has 0 aliphatic heterocycles. The Balaban J connectivity index is 1.32. The Kier molecular flexibility index (Phi) is 7.59. The fourth-order valence-electron chi connectivity index (χ4n) is 11.8. The lowest BCUT2D eigenvalue weighted by molar-refractivity contribution is -0.202. The van der Waals surface area contributed by atoms with E-state index in [0.29, 0.717) is 18.8 Å². The second-order valence-electron chi connectivity index (χ2n) is 17.7. The van der Waals surface area contributed by atoms with Crippen LogP contribution >= 0.6 is 0 Å². The second kappa shape index (κ2) is 10.5. The number of hydrogen-bond donors (Lipinski definition) is 3. The number of fused-ring (bicyclic) bond motifs is 7. The Morgan fingerprint density at radius 3 is 2.24 bits per heavy atom. The quantitative estimate of drug-likeness (QED) is 0.326. The van der Waals surface area contributed by atoms with Crippen LogP contribution in [-0.4, -0.2) is 40.0 Å². The summed E-state index contributed by atoms with van der Waals surface area (Å²) >= 11 is 0. The van der Waals surface area contributed by atoms with Gasteiger partial charge in [0.25, 0.3) is 0 Å². The average Bonchev–Trinajstić information content (AvgIpc) is 2.97. The molecule has 6 nitrogen and oxygen atoms in total. The molecule has 1 aromatic carbocycles. The van der Waals surface area contributed by atoms with Gasteiger partial charge in [0, 0.05) is 17.8 Å². The molecule has 6 heteroatoms. The van der Waals surface area contributed by atoms with E-state index in [2.05, 4.69) is 46.9 Å². The van der Waals surface area contributed by atoms with Gasteiger partial charge in [-0.05, 0) is 108 Å². The Morgan fingerprint density at radius 2 is 1.58 bits per heavy atom. The Hall–Kier alpha value is -2.47. The predicted octanol–water partition coefficient (Wildman–Crippen LogP) is 7.14. The number of aliphatic carboxylic acids is 1. The third-order valence-electron chi connectivity index (χ3n) is 15.0. The minimum absolute atomic E-state index is 0.00287. The molecule has 1 unspecified atom stereocenters. The van der Waals surface area contributed by atoms with Crippen molar-refractivity contribution in [2.24, 2.45) is 50.2 Å². The lowest BCUT2D eigenvalue weighted by atomic mass is 9.33. The van der Waals surface area contributed by atoms with Crippen LogP contribution in [0, 0.1) is 50.2 Å². The molecule has 1 amide bonds. The van der Waals surface area contributed by atoms with Crippen LogP contribution in [0.25, 0.3) is 0 Å². The molecule has 5 aliphatic rings. The number of carboxylic acid groups (broad SMARTS) is 1. The number of hydrogen-bond acceptors (Lipinski definition) is 4. The Bertz CT molecular complexity index is 1420. The summed E-state index contributed by atoms with van der Waals surface area (Å²) in [5.41, 5.74) is 0.665. The van der Waals surface area contributed by atoms with E-state index in [1.807, 2.05) is 43.3 Å². The van der Waals surface area contributed by atoms with E-state index in [4.69, 9.17) is 0 Å². The first-order chi connectivity index (χ1) is 20.9. The van der Waals surface area contributed by atoms with E-state index in [-0.39, 0.29) is 63.1 Å². The third kappa shape index (κ3) is 4.70. The van der Waals surface area contributed by atoms with Crippen LogP contribution in [0.1, 0.15) is 112 Å². The SMILES string of the molecule is CC1(C)[C@@H](O)CC[C@]2(C)[C@H]3C(=O)C=C4[C@@H]5C[C@@](C)(C(=O)NC(Cc6ccccc6)C(=O)O)CC[C@]5(C)CC[C@@]4(C)[C@]3(C)CC[C@@H]12. The normalized spacial score (nSPS) is 44.3. The molecule has 3 N–H and O–H groups in total. The first kappa shape index (κ1) is 32.5. The standard InChI is InChI=1S/C39H55NO5/c1-34(2)29-13-16-39(7)31(37(29,5)15-14-30(34)42)28(41)22-25-26-23-36(4,18-17-35(26,3)19-20-38(25,39)6)33(45)40-27(32(43)44)21-24-11-9-8-10-12-24/h8-12,22,26-27,29-31,42H,13-21,23H2,1-7H3,(H,40,45)(H,43,44)/t26-,27?,29-,30-,31+,35+,36-,37-,38+,39+/m0/s1. The van der Waals surface area contributed by atoms with Crippen molar-refractivity contribution in [3.8, 4) is 0 Å². The number of nitrogens with one attached hydrogen (secondary N) is 1. The van der Waals surface area contributed by atoms with Gasteiger partial charge in [0.05, 0.1) is 6.10 Å². The van der Waals surface area contributed by atoms with E-state index >= 15 is 0 Å². The maximum atomic E-state index is 14.6. The number of rotatable bonds is 5. The number of carboxylic acids is 1. The highest BCUT2D eigenvalue weighted by molar-refractivity contribution is 5.96. The first-order valence-electron chi connectivity index (χ1n) is 17.4. The first-order valence-corrected chi connectivity index (χ1v) is 17.4. The van der Waals surface area contributed by atoms with Crippen LogP contribution in [-0.2, 0) is 20.8 Å². The molecule has 6 rings (SSSR count). The summed E-state index contributed by atoms with van der Waals surface area (Å²) in [6.45, 7) is 15.9. The number of aliphatic hydroxyl groups excluding tert-OH is 1. The molecule has 0 saturated heterocycles. The van der Waals surface area contributed by atoms with Gasteiger partial charge in [-0.3, -0.25) is 9.59 Å². The maximum Gasteiger partial charge on any atom is 0.326 e. The summed E-state index contributed by atoms with van der Waals surface area (Å²) in [7, 11) is 0. The molecule has 4 fully saturated rings. The Labute approximate surface area is 269 Å². The van der Waals surface area contributed by atoms with Crippen LogP contribution in [0.5, 0.6) is 0 Å². The topological polar surface area (TPSA) is 104 Å². The second-order valence-corrected chi connectivity index (χ2v) is 17.7. The average molecular weight is 618 g/mol. The van der Waals surface area contributed by atoms with Crippen molar-refractivity contribution in [3.63, 3.8) is 0 Å². The summed E-state index contributed by atoms with van der Waals surface area (Å²) in [5.74, 6) is -0.662. The summed E-state index contributed by atoms with van der Waals surface area (Å²) in [5, 5.41) is 24.0. The molecule has 0 spiro atoms. The largest absolute Gasteiger partial charge is 0.480 e. The lowest BCUT2D eigenvalue weighted by Crippen LogP contribution is -2.66. The monoisotopic (exact) mass is 617 g/mol. The van der Waals surface area contributed by atoms with Crippen LogP contribution in [0.3, 0.4) is 0 Å². The summed E-state index contributed by atoms with van der Waals surface area (Å²) in [4.78, 5) is 40.8. The molecular formula is C39H55NO5. The zero-order valence-corrected chi connectivity index (χ0v) is 28.5. The van der Waals surface area contributed by atoms with Crippen molar-refractivity contribution in [1.82, 2.24) is 5.32 Å². The highest BCUT2D eigenvalue weighted by Gasteiger charge is 2.70. The van der Waals surface area contributed by atoms with Gasteiger partial charge < -0.3 is 15.5 Å². The van der Waals surface area contributed by atoms with Crippen molar-refractivity contribution in [3.05, 3.63) is 47.5 Å². The van der Waals surface area contributed by atoms with Crippen LogP contribution < -0.4 is 5.32 Å². The fourth-order valence-corrected chi connectivity index (χ4v) is 11.8. The predicted molar refractivity (Wildman–Crippen MR) is 175 cm³/mol. The summed E-state index contributed by atoms with van der Waals surface area (Å²) < 4.78 is 0. The molecule has 4 saturated carbocycles. The molecular weight excluding hydrogens is 562 g/mol. The van der Waals surface area contributed by atoms with E-state index in [0.717, 1.165) is 50.5 Å². The van der Waals surface area contributed by atoms with Crippen LogP contribution in [0.4, 0.5) is 0 Å². The van der Waals surface area contributed by atoms with Gasteiger partial charge in [-0.25, -0.2) is 4.79 Å². The molecule has 5 aliphatic carbocycles. The van der Waals surface area contributed by atoms with Crippen LogP contribution in [0.2, 0.25) is 0 Å². The zero-order valence-electron chi connectivity index (χ0n) is 28.5. The Morgan fingerprint density at radius 1 is 0.911 bits per heavy atom. The third-order valence-corrected chi connectivity index (χ3v) is 15.0. The van der Waals surface area contributed by atoms with E-state index in [9.17, 15) is 24.6 Å². The van der Waals surface area contributed by atoms with Gasteiger partial charge >= 0.3 is 5.97 Å². The molecule has 0 bridgehead atoms. The minimum Gasteiger partial charge on any atom is -0.480 e. The highest BCUT2D eigenvalue weighted by atomic mass is 16.4. The van der Waals surface area contributed by atoms with Crippen molar-refractivity contribution < 1.29 is 24.6 Å². The van der Waals surface area contributed by atoms with Gasteiger partial charge in [-0.1, -0.05) is 84.4 Å². The number of carbonyl (C=O) groups is 3. The van der Waals surface area contributed by atoms with Crippen molar-refractivity contribution >= 4 is 17.7 Å². The molecule has 1 aromatic rings. The molecule has 0 aromatic heterocycles. The highest BCUT2D eigenvalue weighted by Crippen LogP contribution is 2.75. The number of carbonyl (C=O) groups excluding carboxylic acids is 2. The molecule has 0 radical (unpaired) electrons. The van der Waals surface area contributed by atoms with E-state index in [1.54, 1.807) is 0 Å². The number of ketones is 1. The molecule has 10 atom stereocenters.